The quantitative estimate of drug-likeness (QED) is 0.819. The van der Waals surface area contributed by atoms with E-state index in [4.69, 9.17) is 0 Å². The van der Waals surface area contributed by atoms with Crippen molar-refractivity contribution in [1.29, 1.82) is 5.26 Å². The molecule has 1 aliphatic heterocycles. The summed E-state index contributed by atoms with van der Waals surface area (Å²) in [6, 6.07) is 6.29. The number of nitrogens with zero attached hydrogens (tertiary/aromatic N) is 2. The Labute approximate surface area is 113 Å². The summed E-state index contributed by atoms with van der Waals surface area (Å²) >= 11 is 0. The van der Waals surface area contributed by atoms with Gasteiger partial charge in [0.05, 0.1) is 11.1 Å². The van der Waals surface area contributed by atoms with Crippen molar-refractivity contribution >= 4 is 16.6 Å². The molecule has 0 aliphatic carbocycles. The van der Waals surface area contributed by atoms with Gasteiger partial charge in [0.25, 0.3) is 0 Å². The van der Waals surface area contributed by atoms with Gasteiger partial charge in [-0.3, -0.25) is 0 Å². The number of benzene rings is 1. The Hall–Kier alpha value is -1.99. The van der Waals surface area contributed by atoms with Gasteiger partial charge in [-0.25, -0.2) is 0 Å². The number of aryl methyl sites for hydroxylation is 2. The molecule has 98 valence electrons. The number of aromatic nitrogens is 1. The van der Waals surface area contributed by atoms with Crippen molar-refractivity contribution in [3.63, 3.8) is 0 Å². The molecule has 1 aromatic carbocycles. The first-order valence-electron chi connectivity index (χ1n) is 6.70. The molecular weight excluding hydrogens is 236 g/mol. The summed E-state index contributed by atoms with van der Waals surface area (Å²) in [6.07, 6.45) is 0. The van der Waals surface area contributed by atoms with Crippen molar-refractivity contribution < 1.29 is 0 Å². The van der Waals surface area contributed by atoms with Gasteiger partial charge >= 0.3 is 0 Å². The molecule has 2 heterocycles. The third-order valence-corrected chi connectivity index (χ3v) is 4.01. The highest BCUT2D eigenvalue weighted by molar-refractivity contribution is 5.99. The van der Waals surface area contributed by atoms with Gasteiger partial charge in [0.15, 0.2) is 0 Å². The number of hydrogen-bond donors (Lipinski definition) is 2. The highest BCUT2D eigenvalue weighted by Gasteiger charge is 2.18. The Morgan fingerprint density at radius 1 is 1.21 bits per heavy atom. The van der Waals surface area contributed by atoms with Gasteiger partial charge in [0.1, 0.15) is 6.07 Å². The fourth-order valence-corrected chi connectivity index (χ4v) is 2.83. The van der Waals surface area contributed by atoms with E-state index in [1.54, 1.807) is 0 Å². The second kappa shape index (κ2) is 4.60. The molecule has 0 bridgehead atoms. The van der Waals surface area contributed by atoms with Crippen LogP contribution in [-0.2, 0) is 0 Å². The molecule has 0 amide bonds. The molecule has 19 heavy (non-hydrogen) atoms. The number of fused-ring (bicyclic) bond motifs is 1. The molecule has 1 aromatic heterocycles. The molecule has 0 atom stereocenters. The molecule has 2 aromatic rings. The van der Waals surface area contributed by atoms with Gasteiger partial charge < -0.3 is 15.2 Å². The number of piperazine rings is 1. The molecular formula is C15H18N4. The lowest BCUT2D eigenvalue weighted by molar-refractivity contribution is 0.590. The van der Waals surface area contributed by atoms with Crippen molar-refractivity contribution in [3.05, 3.63) is 29.0 Å². The second-order valence-electron chi connectivity index (χ2n) is 5.11. The lowest BCUT2D eigenvalue weighted by Gasteiger charge is -2.30. The van der Waals surface area contributed by atoms with Crippen molar-refractivity contribution in [2.24, 2.45) is 0 Å². The Morgan fingerprint density at radius 2 is 1.95 bits per heavy atom. The fourth-order valence-electron chi connectivity index (χ4n) is 2.83. The maximum atomic E-state index is 9.24. The van der Waals surface area contributed by atoms with Crippen molar-refractivity contribution in [2.75, 3.05) is 31.1 Å². The highest BCUT2D eigenvalue weighted by Crippen LogP contribution is 2.33. The third-order valence-electron chi connectivity index (χ3n) is 4.01. The number of hydrogen-bond acceptors (Lipinski definition) is 3. The monoisotopic (exact) mass is 254 g/mol. The van der Waals surface area contributed by atoms with Gasteiger partial charge in [-0.1, -0.05) is 0 Å². The summed E-state index contributed by atoms with van der Waals surface area (Å²) in [6.45, 7) is 8.27. The van der Waals surface area contributed by atoms with Crippen molar-refractivity contribution in [1.82, 2.24) is 10.3 Å². The van der Waals surface area contributed by atoms with Gasteiger partial charge in [0, 0.05) is 42.9 Å². The normalized spacial score (nSPS) is 15.7. The van der Waals surface area contributed by atoms with E-state index in [-0.39, 0.29) is 0 Å². The fraction of sp³-hybridized carbons (Fsp3) is 0.400. The van der Waals surface area contributed by atoms with E-state index in [1.165, 1.54) is 16.6 Å². The van der Waals surface area contributed by atoms with E-state index < -0.39 is 0 Å². The van der Waals surface area contributed by atoms with Gasteiger partial charge in [0.2, 0.25) is 0 Å². The van der Waals surface area contributed by atoms with Crippen molar-refractivity contribution in [3.8, 4) is 6.07 Å². The van der Waals surface area contributed by atoms with E-state index in [2.05, 4.69) is 41.2 Å². The van der Waals surface area contributed by atoms with Crippen LogP contribution in [0.25, 0.3) is 10.9 Å². The largest absolute Gasteiger partial charge is 0.368 e. The van der Waals surface area contributed by atoms with E-state index in [0.29, 0.717) is 0 Å². The first-order valence-corrected chi connectivity index (χ1v) is 6.70. The van der Waals surface area contributed by atoms with Crippen LogP contribution < -0.4 is 10.2 Å². The maximum absolute atomic E-state index is 9.24. The number of aromatic amines is 1. The molecule has 0 spiro atoms. The molecule has 4 heteroatoms. The third kappa shape index (κ3) is 1.87. The van der Waals surface area contributed by atoms with Gasteiger partial charge in [-0.2, -0.15) is 5.26 Å². The lowest BCUT2D eigenvalue weighted by Crippen LogP contribution is -2.43. The van der Waals surface area contributed by atoms with Crippen LogP contribution in [0.2, 0.25) is 0 Å². The molecule has 1 fully saturated rings. The predicted octanol–water partition coefficient (Wildman–Crippen LogP) is 2.07. The average Bonchev–Trinajstić information content (AvgIpc) is 2.75. The minimum Gasteiger partial charge on any atom is -0.368 e. The molecule has 2 N–H and O–H groups in total. The number of nitrogens with one attached hydrogen (secondary N) is 2. The zero-order chi connectivity index (χ0) is 13.4. The minimum atomic E-state index is 0.727. The topological polar surface area (TPSA) is 54.9 Å². The SMILES string of the molecule is Cc1[nH]c2c(C#N)ccc(N3CCNCC3)c2c1C. The molecule has 1 aliphatic rings. The summed E-state index contributed by atoms with van der Waals surface area (Å²) in [4.78, 5) is 5.76. The number of rotatable bonds is 1. The Bertz CT molecular complexity index is 657. The van der Waals surface area contributed by atoms with Crippen LogP contribution in [0, 0.1) is 25.2 Å². The first kappa shape index (κ1) is 12.1. The van der Waals surface area contributed by atoms with Crippen molar-refractivity contribution in [2.45, 2.75) is 13.8 Å². The first-order chi connectivity index (χ1) is 9.22. The minimum absolute atomic E-state index is 0.727. The summed E-state index contributed by atoms with van der Waals surface area (Å²) < 4.78 is 0. The number of nitriles is 1. The summed E-state index contributed by atoms with van der Waals surface area (Å²) in [7, 11) is 0. The summed E-state index contributed by atoms with van der Waals surface area (Å²) in [5.74, 6) is 0. The van der Waals surface area contributed by atoms with Crippen LogP contribution in [0.5, 0.6) is 0 Å². The van der Waals surface area contributed by atoms with Gasteiger partial charge in [-0.15, -0.1) is 0 Å². The average molecular weight is 254 g/mol. The van der Waals surface area contributed by atoms with E-state index in [1.807, 2.05) is 6.07 Å². The summed E-state index contributed by atoms with van der Waals surface area (Å²) in [5.41, 5.74) is 5.35. The number of H-pyrrole nitrogens is 1. The summed E-state index contributed by atoms with van der Waals surface area (Å²) in [5, 5.41) is 13.8. The molecule has 4 nitrogen and oxygen atoms in total. The zero-order valence-electron chi connectivity index (χ0n) is 11.4. The smallest absolute Gasteiger partial charge is 0.101 e. The maximum Gasteiger partial charge on any atom is 0.101 e. The van der Waals surface area contributed by atoms with E-state index in [0.717, 1.165) is 43.0 Å². The highest BCUT2D eigenvalue weighted by atomic mass is 15.2. The van der Waals surface area contributed by atoms with Crippen LogP contribution >= 0.6 is 0 Å². The predicted molar refractivity (Wildman–Crippen MR) is 77.6 cm³/mol. The van der Waals surface area contributed by atoms with Crippen LogP contribution in [0.15, 0.2) is 12.1 Å². The lowest BCUT2D eigenvalue weighted by atomic mass is 10.1. The molecule has 0 saturated carbocycles. The standard InChI is InChI=1S/C15H18N4/c1-10-11(2)18-15-12(9-16)3-4-13(14(10)15)19-7-5-17-6-8-19/h3-4,17-18H,5-8H2,1-2H3. The van der Waals surface area contributed by atoms with Crippen LogP contribution in [-0.4, -0.2) is 31.2 Å². The molecule has 0 unspecified atom stereocenters. The molecule has 3 rings (SSSR count). The number of anilines is 1. The Balaban J connectivity index is 2.22. The molecule has 1 saturated heterocycles. The van der Waals surface area contributed by atoms with Crippen LogP contribution in [0.4, 0.5) is 5.69 Å². The van der Waals surface area contributed by atoms with E-state index >= 15 is 0 Å². The zero-order valence-corrected chi connectivity index (χ0v) is 11.4. The van der Waals surface area contributed by atoms with Crippen LogP contribution in [0.3, 0.4) is 0 Å². The van der Waals surface area contributed by atoms with Gasteiger partial charge in [-0.05, 0) is 31.5 Å². The van der Waals surface area contributed by atoms with E-state index in [9.17, 15) is 5.26 Å². The second-order valence-corrected chi connectivity index (χ2v) is 5.11. The van der Waals surface area contributed by atoms with Crippen LogP contribution in [0.1, 0.15) is 16.8 Å². The Morgan fingerprint density at radius 3 is 2.63 bits per heavy atom. The molecule has 0 radical (unpaired) electrons. The Kier molecular flexibility index (Phi) is 2.92.